The molecule has 2 rings (SSSR count). The largest absolute Gasteiger partial charge is 0.511 e. The van der Waals surface area contributed by atoms with Crippen LogP contribution in [0, 0.1) is 12.3 Å². The smallest absolute Gasteiger partial charge is 0.493 e. The van der Waals surface area contributed by atoms with Gasteiger partial charge in [0, 0.05) is 10.0 Å². The van der Waals surface area contributed by atoms with Crippen molar-refractivity contribution >= 4 is 22.1 Å². The van der Waals surface area contributed by atoms with E-state index in [1.54, 1.807) is 11.6 Å². The van der Waals surface area contributed by atoms with Crippen LogP contribution in [0.4, 0.5) is 4.79 Å². The predicted octanol–water partition coefficient (Wildman–Crippen LogP) is 4.48. The summed E-state index contributed by atoms with van der Waals surface area (Å²) in [7, 11) is 0. The van der Waals surface area contributed by atoms with Gasteiger partial charge in [0.05, 0.1) is 25.0 Å². The molecule has 6 nitrogen and oxygen atoms in total. The van der Waals surface area contributed by atoms with Gasteiger partial charge in [-0.25, -0.2) is 4.79 Å². The Morgan fingerprint density at radius 1 is 1.33 bits per heavy atom. The summed E-state index contributed by atoms with van der Waals surface area (Å²) in [5.41, 5.74) is 1.63. The van der Waals surface area contributed by atoms with Crippen LogP contribution in [-0.2, 0) is 6.54 Å². The minimum absolute atomic E-state index is 0.0501. The lowest BCUT2D eigenvalue weighted by Gasteiger charge is -2.20. The summed E-state index contributed by atoms with van der Waals surface area (Å²) in [5, 5.41) is 12.9. The van der Waals surface area contributed by atoms with Gasteiger partial charge in [-0.05, 0) is 30.5 Å². The number of hydrogen-bond donors (Lipinski definition) is 1. The van der Waals surface area contributed by atoms with E-state index < -0.39 is 6.16 Å². The van der Waals surface area contributed by atoms with E-state index in [0.29, 0.717) is 18.8 Å². The molecule has 0 unspecified atom stereocenters. The molecule has 0 aliphatic heterocycles. The number of halogens is 1. The van der Waals surface area contributed by atoms with E-state index in [4.69, 9.17) is 14.6 Å². The summed E-state index contributed by atoms with van der Waals surface area (Å²) in [4.78, 5) is 10.7. The van der Waals surface area contributed by atoms with Gasteiger partial charge in [0.1, 0.15) is 5.75 Å². The lowest BCUT2D eigenvalue weighted by molar-refractivity contribution is 0.144. The van der Waals surface area contributed by atoms with Gasteiger partial charge in [0.2, 0.25) is 0 Å². The van der Waals surface area contributed by atoms with Gasteiger partial charge in [0.25, 0.3) is 0 Å². The first kappa shape index (κ1) is 18.3. The molecular formula is C17H21BrN2O4. The molecule has 0 atom stereocenters. The Balaban J connectivity index is 2.24. The fraction of sp³-hybridized carbons (Fsp3) is 0.412. The second-order valence-corrected chi connectivity index (χ2v) is 7.64. The van der Waals surface area contributed by atoms with Crippen molar-refractivity contribution in [1.82, 2.24) is 9.78 Å². The fourth-order valence-electron chi connectivity index (χ4n) is 2.05. The third-order valence-corrected chi connectivity index (χ3v) is 3.75. The summed E-state index contributed by atoms with van der Waals surface area (Å²) in [6, 6.07) is 5.81. The first-order valence-corrected chi connectivity index (χ1v) is 8.29. The number of rotatable bonds is 5. The Hall–Kier alpha value is -2.02. The van der Waals surface area contributed by atoms with Crippen molar-refractivity contribution < 1.29 is 19.4 Å². The van der Waals surface area contributed by atoms with Crippen LogP contribution in [0.5, 0.6) is 11.5 Å². The van der Waals surface area contributed by atoms with Crippen LogP contribution in [-0.4, -0.2) is 27.6 Å². The standard InChI is InChI=1S/C17H21BrN2O4/c1-11-15(24-16(21)22)8-19-20(11)9-12-7-13(18)5-6-14(12)23-10-17(2,3)4/h5-8H,9-10H2,1-4H3,(H,21,22). The molecule has 0 radical (unpaired) electrons. The third-order valence-electron chi connectivity index (χ3n) is 3.26. The molecule has 130 valence electrons. The van der Waals surface area contributed by atoms with Gasteiger partial charge in [-0.15, -0.1) is 0 Å². The van der Waals surface area contributed by atoms with Crippen LogP contribution in [0.3, 0.4) is 0 Å². The van der Waals surface area contributed by atoms with Gasteiger partial charge in [-0.1, -0.05) is 36.7 Å². The fourth-order valence-corrected chi connectivity index (χ4v) is 2.46. The molecule has 0 amide bonds. The highest BCUT2D eigenvalue weighted by Gasteiger charge is 2.16. The Kier molecular flexibility index (Phi) is 5.54. The average molecular weight is 397 g/mol. The normalized spacial score (nSPS) is 11.4. The Bertz CT molecular complexity index is 735. The van der Waals surface area contributed by atoms with E-state index in [9.17, 15) is 4.79 Å². The Morgan fingerprint density at radius 2 is 2.04 bits per heavy atom. The molecule has 0 saturated carbocycles. The van der Waals surface area contributed by atoms with Crippen molar-refractivity contribution in [3.63, 3.8) is 0 Å². The number of hydrogen-bond acceptors (Lipinski definition) is 4. The summed E-state index contributed by atoms with van der Waals surface area (Å²) in [6.45, 7) is 9.13. The molecule has 0 spiro atoms. The molecule has 24 heavy (non-hydrogen) atoms. The summed E-state index contributed by atoms with van der Waals surface area (Å²) >= 11 is 3.47. The predicted molar refractivity (Wildman–Crippen MR) is 93.8 cm³/mol. The van der Waals surface area contributed by atoms with E-state index in [2.05, 4.69) is 41.8 Å². The van der Waals surface area contributed by atoms with Gasteiger partial charge in [-0.2, -0.15) is 5.10 Å². The molecule has 0 fully saturated rings. The molecule has 0 aliphatic carbocycles. The summed E-state index contributed by atoms with van der Waals surface area (Å²) < 4.78 is 13.3. The van der Waals surface area contributed by atoms with Crippen LogP contribution in [0.2, 0.25) is 0 Å². The highest BCUT2D eigenvalue weighted by Crippen LogP contribution is 2.27. The van der Waals surface area contributed by atoms with Crippen LogP contribution in [0.25, 0.3) is 0 Å². The van der Waals surface area contributed by atoms with Crippen molar-refractivity contribution in [3.8, 4) is 11.5 Å². The van der Waals surface area contributed by atoms with Crippen molar-refractivity contribution in [1.29, 1.82) is 0 Å². The van der Waals surface area contributed by atoms with E-state index in [1.165, 1.54) is 6.20 Å². The number of ether oxygens (including phenoxy) is 2. The first-order chi connectivity index (χ1) is 11.2. The maximum Gasteiger partial charge on any atom is 0.511 e. The van der Waals surface area contributed by atoms with Crippen LogP contribution in [0.1, 0.15) is 32.0 Å². The number of carbonyl (C=O) groups is 1. The number of benzene rings is 1. The van der Waals surface area contributed by atoms with Gasteiger partial charge in [0.15, 0.2) is 5.75 Å². The molecule has 1 heterocycles. The van der Waals surface area contributed by atoms with E-state index in [1.807, 2.05) is 18.2 Å². The summed E-state index contributed by atoms with van der Waals surface area (Å²) in [6.07, 6.45) is 0.0474. The lowest BCUT2D eigenvalue weighted by Crippen LogP contribution is -2.18. The van der Waals surface area contributed by atoms with Crippen molar-refractivity contribution in [2.75, 3.05) is 6.61 Å². The Morgan fingerprint density at radius 3 is 2.67 bits per heavy atom. The Labute approximate surface area is 149 Å². The molecule has 2 aromatic rings. The van der Waals surface area contributed by atoms with E-state index in [-0.39, 0.29) is 11.2 Å². The minimum atomic E-state index is -1.35. The van der Waals surface area contributed by atoms with Crippen molar-refractivity contribution in [2.24, 2.45) is 5.41 Å². The van der Waals surface area contributed by atoms with Crippen molar-refractivity contribution in [3.05, 3.63) is 40.1 Å². The first-order valence-electron chi connectivity index (χ1n) is 7.50. The average Bonchev–Trinajstić information content (AvgIpc) is 2.78. The van der Waals surface area contributed by atoms with Crippen LogP contribution >= 0.6 is 15.9 Å². The van der Waals surface area contributed by atoms with Crippen molar-refractivity contribution in [2.45, 2.75) is 34.2 Å². The number of nitrogens with zero attached hydrogens (tertiary/aromatic N) is 2. The highest BCUT2D eigenvalue weighted by molar-refractivity contribution is 9.10. The van der Waals surface area contributed by atoms with Gasteiger partial charge >= 0.3 is 6.16 Å². The molecule has 0 aliphatic rings. The van der Waals surface area contributed by atoms with E-state index >= 15 is 0 Å². The monoisotopic (exact) mass is 396 g/mol. The van der Waals surface area contributed by atoms with Gasteiger partial charge < -0.3 is 14.6 Å². The minimum Gasteiger partial charge on any atom is -0.493 e. The van der Waals surface area contributed by atoms with Crippen LogP contribution in [0.15, 0.2) is 28.9 Å². The maximum atomic E-state index is 10.7. The molecule has 7 heteroatoms. The second kappa shape index (κ2) is 7.25. The maximum absolute atomic E-state index is 10.7. The molecule has 1 aromatic carbocycles. The highest BCUT2D eigenvalue weighted by atomic mass is 79.9. The quantitative estimate of drug-likeness (QED) is 0.753. The SMILES string of the molecule is Cc1c(OC(=O)O)cnn1Cc1cc(Br)ccc1OCC(C)(C)C. The molecule has 0 saturated heterocycles. The van der Waals surface area contributed by atoms with Crippen LogP contribution < -0.4 is 9.47 Å². The molecule has 1 N–H and O–H groups in total. The zero-order valence-corrected chi connectivity index (χ0v) is 15.8. The van der Waals surface area contributed by atoms with E-state index in [0.717, 1.165) is 15.8 Å². The third kappa shape index (κ3) is 4.99. The topological polar surface area (TPSA) is 73.6 Å². The molecular weight excluding hydrogens is 376 g/mol. The molecule has 1 aromatic heterocycles. The zero-order valence-electron chi connectivity index (χ0n) is 14.2. The number of aromatic nitrogens is 2. The van der Waals surface area contributed by atoms with Gasteiger partial charge in [-0.3, -0.25) is 4.68 Å². The second-order valence-electron chi connectivity index (χ2n) is 6.72. The zero-order chi connectivity index (χ0) is 17.9. The number of carboxylic acid groups (broad SMARTS) is 1. The lowest BCUT2D eigenvalue weighted by atomic mass is 9.98. The molecule has 0 bridgehead atoms. The summed E-state index contributed by atoms with van der Waals surface area (Å²) in [5.74, 6) is 1.01.